The van der Waals surface area contributed by atoms with Crippen molar-refractivity contribution in [2.45, 2.75) is 33.2 Å². The van der Waals surface area contributed by atoms with Crippen molar-refractivity contribution in [3.8, 4) is 0 Å². The van der Waals surface area contributed by atoms with E-state index in [1.165, 1.54) is 18.4 Å². The summed E-state index contributed by atoms with van der Waals surface area (Å²) in [4.78, 5) is 2.36. The molecule has 0 heterocycles. The molecule has 0 fully saturated rings. The minimum Gasteiger partial charge on any atom is -0.302 e. The average molecular weight is 240 g/mol. The Morgan fingerprint density at radius 2 is 2.06 bits per heavy atom. The molecule has 1 nitrogen and oxygen atoms in total. The third-order valence-electron chi connectivity index (χ3n) is 2.66. The summed E-state index contributed by atoms with van der Waals surface area (Å²) < 4.78 is 0. The van der Waals surface area contributed by atoms with E-state index in [9.17, 15) is 0 Å². The maximum atomic E-state index is 5.96. The second kappa shape index (κ2) is 6.93. The van der Waals surface area contributed by atoms with Crippen molar-refractivity contribution >= 4 is 11.6 Å². The molecule has 1 rings (SSSR count). The van der Waals surface area contributed by atoms with Crippen LogP contribution in [-0.2, 0) is 6.54 Å². The molecular weight excluding hydrogens is 218 g/mol. The SMILES string of the molecule is CC(C)CCCN(C)Cc1cccc(Cl)c1. The van der Waals surface area contributed by atoms with Crippen LogP contribution in [0, 0.1) is 5.92 Å². The van der Waals surface area contributed by atoms with Gasteiger partial charge in [0.2, 0.25) is 0 Å². The first-order chi connectivity index (χ1) is 7.58. The van der Waals surface area contributed by atoms with Gasteiger partial charge >= 0.3 is 0 Å². The van der Waals surface area contributed by atoms with E-state index in [4.69, 9.17) is 11.6 Å². The van der Waals surface area contributed by atoms with Crippen LogP contribution >= 0.6 is 11.6 Å². The Morgan fingerprint density at radius 3 is 2.69 bits per heavy atom. The van der Waals surface area contributed by atoms with Crippen molar-refractivity contribution < 1.29 is 0 Å². The Bertz CT molecular complexity index is 309. The second-order valence-electron chi connectivity index (χ2n) is 4.90. The molecule has 0 saturated heterocycles. The van der Waals surface area contributed by atoms with E-state index >= 15 is 0 Å². The topological polar surface area (TPSA) is 3.24 Å². The predicted molar refractivity (Wildman–Crippen MR) is 71.9 cm³/mol. The lowest BCUT2D eigenvalue weighted by Crippen LogP contribution is -2.19. The van der Waals surface area contributed by atoms with Crippen molar-refractivity contribution in [2.24, 2.45) is 5.92 Å². The molecule has 0 aromatic heterocycles. The Balaban J connectivity index is 2.31. The third kappa shape index (κ3) is 5.53. The molecule has 0 aliphatic rings. The van der Waals surface area contributed by atoms with Crippen LogP contribution in [0.2, 0.25) is 5.02 Å². The molecule has 0 atom stereocenters. The van der Waals surface area contributed by atoms with Crippen LogP contribution in [0.1, 0.15) is 32.3 Å². The highest BCUT2D eigenvalue weighted by atomic mass is 35.5. The van der Waals surface area contributed by atoms with Crippen molar-refractivity contribution in [1.29, 1.82) is 0 Å². The minimum absolute atomic E-state index is 0.805. The summed E-state index contributed by atoms with van der Waals surface area (Å²) in [5, 5.41) is 0.827. The van der Waals surface area contributed by atoms with Gasteiger partial charge in [-0.3, -0.25) is 0 Å². The Labute approximate surface area is 104 Å². The molecule has 0 saturated carbocycles. The van der Waals surface area contributed by atoms with Gasteiger partial charge < -0.3 is 4.90 Å². The standard InChI is InChI=1S/C14H22ClN/c1-12(2)6-5-9-16(3)11-13-7-4-8-14(15)10-13/h4,7-8,10,12H,5-6,9,11H2,1-3H3. The number of hydrogen-bond donors (Lipinski definition) is 0. The van der Waals surface area contributed by atoms with Crippen LogP contribution < -0.4 is 0 Å². The van der Waals surface area contributed by atoms with E-state index < -0.39 is 0 Å². The first-order valence-electron chi connectivity index (χ1n) is 6.01. The van der Waals surface area contributed by atoms with Crippen LogP contribution in [-0.4, -0.2) is 18.5 Å². The molecule has 0 aliphatic carbocycles. The molecule has 0 radical (unpaired) electrons. The molecule has 0 amide bonds. The molecular formula is C14H22ClN. The van der Waals surface area contributed by atoms with Gasteiger partial charge in [-0.2, -0.15) is 0 Å². The maximum absolute atomic E-state index is 5.96. The first-order valence-corrected chi connectivity index (χ1v) is 6.38. The Kier molecular flexibility index (Phi) is 5.86. The largest absolute Gasteiger partial charge is 0.302 e. The van der Waals surface area contributed by atoms with Crippen LogP contribution in [0.3, 0.4) is 0 Å². The van der Waals surface area contributed by atoms with Gasteiger partial charge in [-0.1, -0.05) is 37.6 Å². The summed E-state index contributed by atoms with van der Waals surface area (Å²) >= 11 is 5.96. The summed E-state index contributed by atoms with van der Waals surface area (Å²) in [6.45, 7) is 6.69. The number of hydrogen-bond acceptors (Lipinski definition) is 1. The van der Waals surface area contributed by atoms with Gasteiger partial charge in [0, 0.05) is 11.6 Å². The fourth-order valence-corrected chi connectivity index (χ4v) is 2.01. The fourth-order valence-electron chi connectivity index (χ4n) is 1.80. The van der Waals surface area contributed by atoms with Crippen LogP contribution in [0.15, 0.2) is 24.3 Å². The van der Waals surface area contributed by atoms with E-state index in [2.05, 4.69) is 31.9 Å². The zero-order chi connectivity index (χ0) is 12.0. The summed E-state index contributed by atoms with van der Waals surface area (Å²) in [5.74, 6) is 0.805. The molecule has 16 heavy (non-hydrogen) atoms. The van der Waals surface area contributed by atoms with Crippen LogP contribution in [0.25, 0.3) is 0 Å². The molecule has 0 spiro atoms. The summed E-state index contributed by atoms with van der Waals surface area (Å²) in [6, 6.07) is 8.11. The zero-order valence-electron chi connectivity index (χ0n) is 10.5. The molecule has 0 aliphatic heterocycles. The van der Waals surface area contributed by atoms with E-state index in [1.807, 2.05) is 18.2 Å². The van der Waals surface area contributed by atoms with Crippen molar-refractivity contribution in [3.63, 3.8) is 0 Å². The Morgan fingerprint density at radius 1 is 1.31 bits per heavy atom. The lowest BCUT2D eigenvalue weighted by atomic mass is 10.1. The number of benzene rings is 1. The normalized spacial score (nSPS) is 11.4. The maximum Gasteiger partial charge on any atom is 0.0409 e. The van der Waals surface area contributed by atoms with E-state index in [0.29, 0.717) is 0 Å². The predicted octanol–water partition coefficient (Wildman–Crippen LogP) is 4.21. The molecule has 1 aromatic rings. The minimum atomic E-state index is 0.805. The monoisotopic (exact) mass is 239 g/mol. The van der Waals surface area contributed by atoms with E-state index in [1.54, 1.807) is 0 Å². The summed E-state index contributed by atoms with van der Waals surface area (Å²) in [6.07, 6.45) is 2.58. The van der Waals surface area contributed by atoms with E-state index in [-0.39, 0.29) is 0 Å². The highest BCUT2D eigenvalue weighted by Crippen LogP contribution is 2.12. The molecule has 1 aromatic carbocycles. The molecule has 0 N–H and O–H groups in total. The van der Waals surface area contributed by atoms with Crippen LogP contribution in [0.4, 0.5) is 0 Å². The molecule has 90 valence electrons. The smallest absolute Gasteiger partial charge is 0.0409 e. The van der Waals surface area contributed by atoms with Gasteiger partial charge in [-0.05, 0) is 50.0 Å². The fraction of sp³-hybridized carbons (Fsp3) is 0.571. The van der Waals surface area contributed by atoms with Gasteiger partial charge in [-0.15, -0.1) is 0 Å². The van der Waals surface area contributed by atoms with E-state index in [0.717, 1.165) is 24.0 Å². The van der Waals surface area contributed by atoms with Gasteiger partial charge in [0.25, 0.3) is 0 Å². The average Bonchev–Trinajstić information content (AvgIpc) is 2.16. The number of nitrogens with zero attached hydrogens (tertiary/aromatic N) is 1. The van der Waals surface area contributed by atoms with Gasteiger partial charge in [0.15, 0.2) is 0 Å². The number of halogens is 1. The quantitative estimate of drug-likeness (QED) is 0.719. The van der Waals surface area contributed by atoms with Crippen molar-refractivity contribution in [1.82, 2.24) is 4.90 Å². The van der Waals surface area contributed by atoms with Crippen molar-refractivity contribution in [2.75, 3.05) is 13.6 Å². The Hall–Kier alpha value is -0.530. The van der Waals surface area contributed by atoms with Gasteiger partial charge in [0.1, 0.15) is 0 Å². The second-order valence-corrected chi connectivity index (χ2v) is 5.34. The highest BCUT2D eigenvalue weighted by Gasteiger charge is 2.01. The zero-order valence-corrected chi connectivity index (χ0v) is 11.3. The summed E-state index contributed by atoms with van der Waals surface area (Å²) in [5.41, 5.74) is 1.29. The first kappa shape index (κ1) is 13.5. The third-order valence-corrected chi connectivity index (χ3v) is 2.90. The molecule has 2 heteroatoms. The molecule has 0 bridgehead atoms. The van der Waals surface area contributed by atoms with Crippen LogP contribution in [0.5, 0.6) is 0 Å². The van der Waals surface area contributed by atoms with Gasteiger partial charge in [-0.25, -0.2) is 0 Å². The van der Waals surface area contributed by atoms with Crippen molar-refractivity contribution in [3.05, 3.63) is 34.9 Å². The lowest BCUT2D eigenvalue weighted by molar-refractivity contribution is 0.310. The van der Waals surface area contributed by atoms with Gasteiger partial charge in [0.05, 0.1) is 0 Å². The lowest BCUT2D eigenvalue weighted by Gasteiger charge is -2.17. The summed E-state index contributed by atoms with van der Waals surface area (Å²) in [7, 11) is 2.17. The molecule has 0 unspecified atom stereocenters. The highest BCUT2D eigenvalue weighted by molar-refractivity contribution is 6.30. The number of rotatable bonds is 6.